The number of fused-ring (bicyclic) bond motifs is 3. The summed E-state index contributed by atoms with van der Waals surface area (Å²) in [5.74, 6) is 0.999. The van der Waals surface area contributed by atoms with Gasteiger partial charge in [-0.25, -0.2) is 4.98 Å². The van der Waals surface area contributed by atoms with Gasteiger partial charge in [0.25, 0.3) is 0 Å². The summed E-state index contributed by atoms with van der Waals surface area (Å²) in [7, 11) is 0. The summed E-state index contributed by atoms with van der Waals surface area (Å²) >= 11 is 0. The van der Waals surface area contributed by atoms with Gasteiger partial charge < -0.3 is 0 Å². The minimum atomic E-state index is -0.128. The second kappa shape index (κ2) is 2.55. The van der Waals surface area contributed by atoms with E-state index < -0.39 is 0 Å². The summed E-state index contributed by atoms with van der Waals surface area (Å²) in [4.78, 5) is 6.65. The van der Waals surface area contributed by atoms with Crippen molar-refractivity contribution in [1.29, 1.82) is 0 Å². The highest BCUT2D eigenvalue weighted by atomic mass is 15.4. The van der Waals surface area contributed by atoms with Gasteiger partial charge in [-0.2, -0.15) is 0 Å². The van der Waals surface area contributed by atoms with E-state index in [2.05, 4.69) is 57.1 Å². The molecule has 0 amide bonds. The molecule has 4 rings (SSSR count). The van der Waals surface area contributed by atoms with Crippen LogP contribution < -0.4 is 4.90 Å². The van der Waals surface area contributed by atoms with Crippen LogP contribution in [0.1, 0.15) is 6.42 Å². The maximum Gasteiger partial charge on any atom is 0.215 e. The van der Waals surface area contributed by atoms with Crippen LogP contribution in [0.5, 0.6) is 0 Å². The van der Waals surface area contributed by atoms with E-state index in [0.29, 0.717) is 0 Å². The van der Waals surface area contributed by atoms with Crippen LogP contribution in [0.2, 0.25) is 0 Å². The molecule has 1 spiro atoms. The molecule has 3 aliphatic rings. The Morgan fingerprint density at radius 1 is 1.25 bits per heavy atom. The lowest BCUT2D eigenvalue weighted by Crippen LogP contribution is -2.41. The molecule has 1 aromatic rings. The fourth-order valence-corrected chi connectivity index (χ4v) is 2.75. The van der Waals surface area contributed by atoms with Crippen molar-refractivity contribution < 1.29 is 0 Å². The normalized spacial score (nSPS) is 28.8. The maximum absolute atomic E-state index is 4.43. The summed E-state index contributed by atoms with van der Waals surface area (Å²) in [5, 5.41) is 0. The lowest BCUT2D eigenvalue weighted by Gasteiger charge is -2.35. The zero-order chi connectivity index (χ0) is 10.6. The molecule has 1 aromatic heterocycles. The maximum atomic E-state index is 4.43. The standard InChI is InChI=1S/C13H11N3/c1-2-6-13-7-3-4-9-16(13)12-14-8-10-15(12)11(13)5-1/h2-10H,1H2. The smallest absolute Gasteiger partial charge is 0.215 e. The summed E-state index contributed by atoms with van der Waals surface area (Å²) in [6.45, 7) is 0. The predicted molar refractivity (Wildman–Crippen MR) is 63.7 cm³/mol. The van der Waals surface area contributed by atoms with Gasteiger partial charge in [-0.15, -0.1) is 0 Å². The van der Waals surface area contributed by atoms with Crippen molar-refractivity contribution in [2.45, 2.75) is 12.0 Å². The van der Waals surface area contributed by atoms with Gasteiger partial charge in [-0.3, -0.25) is 9.47 Å². The summed E-state index contributed by atoms with van der Waals surface area (Å²) in [6.07, 6.45) is 20.1. The minimum Gasteiger partial charge on any atom is -0.300 e. The van der Waals surface area contributed by atoms with Gasteiger partial charge >= 0.3 is 0 Å². The Kier molecular flexibility index (Phi) is 1.30. The average molecular weight is 209 g/mol. The number of nitrogens with zero attached hydrogens (tertiary/aromatic N) is 3. The lowest BCUT2D eigenvalue weighted by atomic mass is 9.88. The molecule has 16 heavy (non-hydrogen) atoms. The third-order valence-electron chi connectivity index (χ3n) is 3.42. The molecule has 2 aliphatic heterocycles. The molecule has 3 heterocycles. The Morgan fingerprint density at radius 3 is 3.25 bits per heavy atom. The van der Waals surface area contributed by atoms with Crippen molar-refractivity contribution in [3.63, 3.8) is 0 Å². The summed E-state index contributed by atoms with van der Waals surface area (Å²) in [6, 6.07) is 0. The Morgan fingerprint density at radius 2 is 2.25 bits per heavy atom. The Bertz CT molecular complexity index is 574. The van der Waals surface area contributed by atoms with Crippen molar-refractivity contribution in [3.8, 4) is 0 Å². The topological polar surface area (TPSA) is 21.1 Å². The third kappa shape index (κ3) is 0.745. The molecule has 0 saturated carbocycles. The van der Waals surface area contributed by atoms with Gasteiger partial charge in [0.2, 0.25) is 5.95 Å². The van der Waals surface area contributed by atoms with Crippen LogP contribution in [0.4, 0.5) is 5.95 Å². The van der Waals surface area contributed by atoms with Gasteiger partial charge in [0.15, 0.2) is 0 Å². The number of aromatic nitrogens is 2. The molecule has 3 nitrogen and oxygen atoms in total. The van der Waals surface area contributed by atoms with Crippen LogP contribution in [0.25, 0.3) is 5.70 Å². The number of anilines is 1. The summed E-state index contributed by atoms with van der Waals surface area (Å²) in [5.41, 5.74) is 1.17. The predicted octanol–water partition coefficient (Wildman–Crippen LogP) is 2.33. The molecule has 0 N–H and O–H groups in total. The summed E-state index contributed by atoms with van der Waals surface area (Å²) < 4.78 is 2.17. The molecule has 1 atom stereocenters. The molecule has 0 saturated heterocycles. The van der Waals surface area contributed by atoms with Gasteiger partial charge in [0.05, 0.1) is 5.70 Å². The quantitative estimate of drug-likeness (QED) is 0.611. The Balaban J connectivity index is 2.05. The fourth-order valence-electron chi connectivity index (χ4n) is 2.75. The van der Waals surface area contributed by atoms with E-state index in [1.165, 1.54) is 5.70 Å². The highest BCUT2D eigenvalue weighted by Gasteiger charge is 2.45. The van der Waals surface area contributed by atoms with E-state index in [1.54, 1.807) is 0 Å². The zero-order valence-electron chi connectivity index (χ0n) is 8.74. The van der Waals surface area contributed by atoms with Crippen LogP contribution in [-0.2, 0) is 0 Å². The first-order valence-electron chi connectivity index (χ1n) is 5.49. The highest BCUT2D eigenvalue weighted by molar-refractivity contribution is 5.81. The van der Waals surface area contributed by atoms with Crippen LogP contribution in [0.3, 0.4) is 0 Å². The van der Waals surface area contributed by atoms with E-state index in [0.717, 1.165) is 12.4 Å². The molecule has 3 heteroatoms. The monoisotopic (exact) mass is 209 g/mol. The second-order valence-corrected chi connectivity index (χ2v) is 4.22. The molecule has 78 valence electrons. The van der Waals surface area contributed by atoms with Crippen molar-refractivity contribution in [2.75, 3.05) is 4.90 Å². The largest absolute Gasteiger partial charge is 0.300 e. The van der Waals surface area contributed by atoms with Crippen molar-refractivity contribution in [2.24, 2.45) is 0 Å². The number of rotatable bonds is 0. The van der Waals surface area contributed by atoms with Crippen LogP contribution in [-0.4, -0.2) is 15.1 Å². The molecular weight excluding hydrogens is 198 g/mol. The van der Waals surface area contributed by atoms with E-state index in [9.17, 15) is 0 Å². The first-order valence-corrected chi connectivity index (χ1v) is 5.49. The van der Waals surface area contributed by atoms with Crippen LogP contribution in [0, 0.1) is 0 Å². The van der Waals surface area contributed by atoms with E-state index in [4.69, 9.17) is 0 Å². The van der Waals surface area contributed by atoms with E-state index >= 15 is 0 Å². The molecule has 1 aliphatic carbocycles. The van der Waals surface area contributed by atoms with Gasteiger partial charge in [-0.1, -0.05) is 24.3 Å². The minimum absolute atomic E-state index is 0.128. The average Bonchev–Trinajstić information content (AvgIpc) is 2.86. The number of hydrogen-bond acceptors (Lipinski definition) is 2. The molecule has 0 radical (unpaired) electrons. The molecule has 0 fully saturated rings. The first kappa shape index (κ1) is 8.16. The van der Waals surface area contributed by atoms with E-state index in [1.807, 2.05) is 12.4 Å². The lowest BCUT2D eigenvalue weighted by molar-refractivity contribution is 0.784. The SMILES string of the molecule is C1=CN2c3nccn3C3=CCC=CC32C=C1. The highest BCUT2D eigenvalue weighted by Crippen LogP contribution is 2.46. The van der Waals surface area contributed by atoms with Gasteiger partial charge in [-0.05, 0) is 18.6 Å². The molecule has 0 bridgehead atoms. The van der Waals surface area contributed by atoms with Gasteiger partial charge in [0, 0.05) is 18.6 Å². The fraction of sp³-hybridized carbons (Fsp3) is 0.154. The third-order valence-corrected chi connectivity index (χ3v) is 3.42. The molecular formula is C13H11N3. The van der Waals surface area contributed by atoms with Crippen molar-refractivity contribution >= 4 is 11.6 Å². The molecule has 1 unspecified atom stereocenters. The zero-order valence-corrected chi connectivity index (χ0v) is 8.74. The van der Waals surface area contributed by atoms with Crippen molar-refractivity contribution in [1.82, 2.24) is 9.55 Å². The Hall–Kier alpha value is -2.03. The second-order valence-electron chi connectivity index (χ2n) is 4.22. The van der Waals surface area contributed by atoms with E-state index in [-0.39, 0.29) is 5.54 Å². The Labute approximate surface area is 93.7 Å². The number of hydrogen-bond donors (Lipinski definition) is 0. The van der Waals surface area contributed by atoms with Crippen molar-refractivity contribution in [3.05, 3.63) is 55.0 Å². The van der Waals surface area contributed by atoms with Crippen LogP contribution in [0.15, 0.2) is 55.0 Å². The molecule has 0 aromatic carbocycles. The first-order chi connectivity index (χ1) is 7.92. The van der Waals surface area contributed by atoms with Crippen LogP contribution >= 0.6 is 0 Å². The van der Waals surface area contributed by atoms with Gasteiger partial charge in [0.1, 0.15) is 5.54 Å². The number of allylic oxidation sites excluding steroid dienone is 4. The number of imidazole rings is 1.